The highest BCUT2D eigenvalue weighted by atomic mass is 16.5. The Hall–Kier alpha value is -1.59. The molecule has 5 nitrogen and oxygen atoms in total. The second-order valence-electron chi connectivity index (χ2n) is 8.26. The Kier molecular flexibility index (Phi) is 6.20. The largest absolute Gasteiger partial charge is 0.381 e. The van der Waals surface area contributed by atoms with E-state index in [4.69, 9.17) is 9.73 Å². The van der Waals surface area contributed by atoms with Gasteiger partial charge in [0.2, 0.25) is 0 Å². The summed E-state index contributed by atoms with van der Waals surface area (Å²) in [5, 5.41) is 0. The van der Waals surface area contributed by atoms with Crippen molar-refractivity contribution in [1.82, 2.24) is 14.7 Å². The number of ether oxygens (including phenoxy) is 1. The van der Waals surface area contributed by atoms with Crippen molar-refractivity contribution in [3.63, 3.8) is 0 Å². The topological polar surface area (TPSA) is 31.3 Å². The molecule has 0 saturated carbocycles. The van der Waals surface area contributed by atoms with Gasteiger partial charge in [-0.05, 0) is 29.7 Å². The minimum Gasteiger partial charge on any atom is -0.381 e. The van der Waals surface area contributed by atoms with Gasteiger partial charge in [0.25, 0.3) is 0 Å². The summed E-state index contributed by atoms with van der Waals surface area (Å²) in [5.41, 5.74) is 1.77. The molecule has 0 radical (unpaired) electrons. The molecule has 1 atom stereocenters. The molecule has 2 aliphatic heterocycles. The molecule has 2 aliphatic rings. The van der Waals surface area contributed by atoms with Gasteiger partial charge < -0.3 is 14.5 Å². The van der Waals surface area contributed by atoms with Crippen molar-refractivity contribution in [3.05, 3.63) is 35.9 Å². The van der Waals surface area contributed by atoms with Crippen molar-refractivity contribution in [2.24, 2.45) is 16.3 Å². The average Bonchev–Trinajstić information content (AvgIpc) is 2.92. The summed E-state index contributed by atoms with van der Waals surface area (Å²) in [7, 11) is 8.28. The normalized spacial score (nSPS) is 22.4. The van der Waals surface area contributed by atoms with E-state index in [1.807, 2.05) is 0 Å². The van der Waals surface area contributed by atoms with E-state index >= 15 is 0 Å². The molecule has 0 bridgehead atoms. The molecule has 0 aromatic heterocycles. The van der Waals surface area contributed by atoms with Crippen LogP contribution >= 0.6 is 0 Å². The molecule has 0 N–H and O–H groups in total. The number of hydrogen-bond donors (Lipinski definition) is 0. The van der Waals surface area contributed by atoms with Crippen LogP contribution in [0.1, 0.15) is 18.4 Å². The molecule has 2 saturated heterocycles. The van der Waals surface area contributed by atoms with Gasteiger partial charge in [-0.25, -0.2) is 0 Å². The maximum atomic E-state index is 5.69. The summed E-state index contributed by atoms with van der Waals surface area (Å²) < 4.78 is 5.69. The fourth-order valence-corrected chi connectivity index (χ4v) is 4.58. The van der Waals surface area contributed by atoms with Crippen LogP contribution in [0.2, 0.25) is 0 Å². The zero-order valence-electron chi connectivity index (χ0n) is 16.8. The minimum atomic E-state index is 0.361. The minimum absolute atomic E-state index is 0.361. The highest BCUT2D eigenvalue weighted by Gasteiger charge is 2.46. The van der Waals surface area contributed by atoms with Crippen molar-refractivity contribution in [3.8, 4) is 0 Å². The standard InChI is InChI=1S/C21H34N4O/c1-23(2)20(24(3)4)22-14-19-16-25(15-18-8-6-5-7-9-18)17-21(19)10-12-26-13-11-21/h5-9,19H,10-17H2,1-4H3. The maximum absolute atomic E-state index is 5.69. The Balaban J connectivity index is 1.74. The van der Waals surface area contributed by atoms with E-state index in [1.54, 1.807) is 0 Å². The smallest absolute Gasteiger partial charge is 0.195 e. The fraction of sp³-hybridized carbons (Fsp3) is 0.667. The summed E-state index contributed by atoms with van der Waals surface area (Å²) in [6.45, 7) is 6.04. The van der Waals surface area contributed by atoms with Gasteiger partial charge in [0, 0.05) is 67.6 Å². The highest BCUT2D eigenvalue weighted by Crippen LogP contribution is 2.44. The maximum Gasteiger partial charge on any atom is 0.195 e. The van der Waals surface area contributed by atoms with E-state index in [2.05, 4.69) is 73.2 Å². The van der Waals surface area contributed by atoms with E-state index in [9.17, 15) is 0 Å². The zero-order valence-corrected chi connectivity index (χ0v) is 16.8. The van der Waals surface area contributed by atoms with Crippen LogP contribution in [-0.2, 0) is 11.3 Å². The number of aliphatic imine (C=N–C) groups is 1. The number of nitrogens with zero attached hydrogens (tertiary/aromatic N) is 4. The molecular weight excluding hydrogens is 324 g/mol. The lowest BCUT2D eigenvalue weighted by Gasteiger charge is -2.38. The Morgan fingerprint density at radius 1 is 1.12 bits per heavy atom. The third kappa shape index (κ3) is 4.38. The Morgan fingerprint density at radius 3 is 2.38 bits per heavy atom. The summed E-state index contributed by atoms with van der Waals surface area (Å²) >= 11 is 0. The predicted octanol–water partition coefficient (Wildman–Crippen LogP) is 2.39. The summed E-state index contributed by atoms with van der Waals surface area (Å²) in [4.78, 5) is 11.8. The molecule has 1 aromatic rings. The van der Waals surface area contributed by atoms with Gasteiger partial charge in [-0.2, -0.15) is 0 Å². The average molecular weight is 359 g/mol. The van der Waals surface area contributed by atoms with Gasteiger partial charge >= 0.3 is 0 Å². The Bertz CT molecular complexity index is 583. The first-order valence-electron chi connectivity index (χ1n) is 9.73. The molecule has 5 heteroatoms. The van der Waals surface area contributed by atoms with E-state index in [-0.39, 0.29) is 0 Å². The van der Waals surface area contributed by atoms with Gasteiger partial charge in [0.1, 0.15) is 0 Å². The number of guanidine groups is 1. The Morgan fingerprint density at radius 2 is 1.77 bits per heavy atom. The van der Waals surface area contributed by atoms with Crippen LogP contribution in [-0.4, -0.2) is 81.7 Å². The van der Waals surface area contributed by atoms with Gasteiger partial charge in [0.05, 0.1) is 0 Å². The van der Waals surface area contributed by atoms with Gasteiger partial charge in [0.15, 0.2) is 5.96 Å². The first kappa shape index (κ1) is 19.2. The van der Waals surface area contributed by atoms with Crippen molar-refractivity contribution in [2.75, 3.05) is 61.0 Å². The lowest BCUT2D eigenvalue weighted by atomic mass is 9.72. The zero-order chi connectivity index (χ0) is 18.6. The van der Waals surface area contributed by atoms with E-state index < -0.39 is 0 Å². The van der Waals surface area contributed by atoms with Crippen molar-refractivity contribution >= 4 is 5.96 Å². The van der Waals surface area contributed by atoms with Gasteiger partial charge in [-0.1, -0.05) is 30.3 Å². The summed E-state index contributed by atoms with van der Waals surface area (Å²) in [6.07, 6.45) is 2.33. The number of benzene rings is 1. The second kappa shape index (κ2) is 8.40. The lowest BCUT2D eigenvalue weighted by molar-refractivity contribution is 0.00104. The molecule has 3 rings (SSSR count). The molecule has 0 amide bonds. The van der Waals surface area contributed by atoms with Crippen LogP contribution < -0.4 is 0 Å². The van der Waals surface area contributed by atoms with Crippen LogP contribution in [0, 0.1) is 11.3 Å². The first-order valence-corrected chi connectivity index (χ1v) is 9.73. The van der Waals surface area contributed by atoms with Crippen LogP contribution in [0.15, 0.2) is 35.3 Å². The van der Waals surface area contributed by atoms with E-state index in [1.165, 1.54) is 12.1 Å². The molecule has 1 unspecified atom stereocenters. The molecular formula is C21H34N4O. The second-order valence-corrected chi connectivity index (χ2v) is 8.26. The predicted molar refractivity (Wildman–Crippen MR) is 107 cm³/mol. The summed E-state index contributed by atoms with van der Waals surface area (Å²) in [6, 6.07) is 10.8. The monoisotopic (exact) mass is 358 g/mol. The molecule has 26 heavy (non-hydrogen) atoms. The van der Waals surface area contributed by atoms with E-state index in [0.29, 0.717) is 11.3 Å². The van der Waals surface area contributed by atoms with Crippen molar-refractivity contribution < 1.29 is 4.74 Å². The van der Waals surface area contributed by atoms with E-state index in [0.717, 1.165) is 51.6 Å². The number of hydrogen-bond acceptors (Lipinski definition) is 3. The molecule has 2 heterocycles. The summed E-state index contributed by atoms with van der Waals surface area (Å²) in [5.74, 6) is 1.65. The third-order valence-electron chi connectivity index (χ3n) is 5.87. The first-order chi connectivity index (χ1) is 12.5. The fourth-order valence-electron chi connectivity index (χ4n) is 4.58. The van der Waals surface area contributed by atoms with Crippen LogP contribution in [0.3, 0.4) is 0 Å². The van der Waals surface area contributed by atoms with Gasteiger partial charge in [-0.15, -0.1) is 0 Å². The third-order valence-corrected chi connectivity index (χ3v) is 5.87. The molecule has 1 spiro atoms. The molecule has 144 valence electrons. The van der Waals surface area contributed by atoms with Crippen LogP contribution in [0.25, 0.3) is 0 Å². The SMILES string of the molecule is CN(C)C(=NCC1CN(Cc2ccccc2)CC12CCOCC2)N(C)C. The van der Waals surface area contributed by atoms with Crippen LogP contribution in [0.4, 0.5) is 0 Å². The molecule has 0 aliphatic carbocycles. The molecule has 2 fully saturated rings. The lowest BCUT2D eigenvalue weighted by Crippen LogP contribution is -2.39. The highest BCUT2D eigenvalue weighted by molar-refractivity contribution is 5.79. The van der Waals surface area contributed by atoms with Crippen molar-refractivity contribution in [2.45, 2.75) is 19.4 Å². The molecule has 1 aromatic carbocycles. The van der Waals surface area contributed by atoms with Crippen molar-refractivity contribution in [1.29, 1.82) is 0 Å². The number of rotatable bonds is 4. The van der Waals surface area contributed by atoms with Gasteiger partial charge in [-0.3, -0.25) is 9.89 Å². The quantitative estimate of drug-likeness (QED) is 0.611. The number of likely N-dealkylation sites (tertiary alicyclic amines) is 1. The Labute approximate surface area is 158 Å². The van der Waals surface area contributed by atoms with Crippen LogP contribution in [0.5, 0.6) is 0 Å².